The van der Waals surface area contributed by atoms with E-state index < -0.39 is 11.9 Å². The lowest BCUT2D eigenvalue weighted by molar-refractivity contribution is 0.155. The number of nitrogens with one attached hydrogen (secondary N) is 1. The van der Waals surface area contributed by atoms with Gasteiger partial charge in [0.15, 0.2) is 5.82 Å². The molecule has 7 heteroatoms. The summed E-state index contributed by atoms with van der Waals surface area (Å²) in [5.74, 6) is -0.323. The van der Waals surface area contributed by atoms with Crippen molar-refractivity contribution in [2.24, 2.45) is 0 Å². The van der Waals surface area contributed by atoms with Crippen LogP contribution in [-0.2, 0) is 11.3 Å². The average Bonchev–Trinajstić information content (AvgIpc) is 3.05. The maximum Gasteiger partial charge on any atom is 0.413 e. The Kier molecular flexibility index (Phi) is 4.94. The monoisotopic (exact) mass is 350 g/mol. The van der Waals surface area contributed by atoms with Gasteiger partial charge in [-0.2, -0.15) is 10.4 Å². The number of nitrogens with zero attached hydrogens (tertiary/aromatic N) is 3. The van der Waals surface area contributed by atoms with Gasteiger partial charge in [-0.1, -0.05) is 36.4 Å². The zero-order valence-electron chi connectivity index (χ0n) is 13.9. The van der Waals surface area contributed by atoms with Crippen LogP contribution in [0, 0.1) is 24.1 Å². The lowest BCUT2D eigenvalue weighted by Crippen LogP contribution is -2.17. The lowest BCUT2D eigenvalue weighted by atomic mass is 10.2. The van der Waals surface area contributed by atoms with Crippen LogP contribution >= 0.6 is 0 Å². The molecule has 0 saturated carbocycles. The van der Waals surface area contributed by atoms with Gasteiger partial charge in [0.05, 0.1) is 11.9 Å². The average molecular weight is 350 g/mol. The zero-order chi connectivity index (χ0) is 18.5. The molecular formula is C19H15FN4O2. The molecule has 0 saturated heterocycles. The summed E-state index contributed by atoms with van der Waals surface area (Å²) in [5, 5.41) is 15.9. The second kappa shape index (κ2) is 7.49. The minimum absolute atomic E-state index is 0.0850. The highest BCUT2D eigenvalue weighted by Crippen LogP contribution is 2.23. The van der Waals surface area contributed by atoms with Crippen LogP contribution < -0.4 is 5.32 Å². The fourth-order valence-electron chi connectivity index (χ4n) is 2.40. The summed E-state index contributed by atoms with van der Waals surface area (Å²) in [5.41, 5.74) is 2.13. The number of nitriles is 1. The van der Waals surface area contributed by atoms with Crippen molar-refractivity contribution in [1.82, 2.24) is 9.78 Å². The lowest BCUT2D eigenvalue weighted by Gasteiger charge is -2.12. The van der Waals surface area contributed by atoms with Gasteiger partial charge in [-0.3, -0.25) is 5.32 Å². The molecule has 26 heavy (non-hydrogen) atoms. The molecule has 0 atom stereocenters. The molecule has 3 aromatic rings. The fourth-order valence-corrected chi connectivity index (χ4v) is 2.40. The molecule has 0 aliphatic heterocycles. The fraction of sp³-hybridized carbons (Fsp3) is 0.105. The minimum Gasteiger partial charge on any atom is -0.444 e. The second-order valence-electron chi connectivity index (χ2n) is 5.55. The van der Waals surface area contributed by atoms with Crippen molar-refractivity contribution in [3.05, 3.63) is 77.2 Å². The van der Waals surface area contributed by atoms with Crippen molar-refractivity contribution in [3.63, 3.8) is 0 Å². The first kappa shape index (κ1) is 17.2. The second-order valence-corrected chi connectivity index (χ2v) is 5.55. The molecule has 1 aromatic heterocycles. The van der Waals surface area contributed by atoms with E-state index in [0.29, 0.717) is 5.69 Å². The van der Waals surface area contributed by atoms with Crippen molar-refractivity contribution < 1.29 is 13.9 Å². The van der Waals surface area contributed by atoms with Crippen LogP contribution in [0.25, 0.3) is 5.69 Å². The van der Waals surface area contributed by atoms with E-state index in [4.69, 9.17) is 4.74 Å². The first-order valence-electron chi connectivity index (χ1n) is 7.81. The van der Waals surface area contributed by atoms with Crippen LogP contribution in [0.3, 0.4) is 0 Å². The molecular weight excluding hydrogens is 335 g/mol. The van der Waals surface area contributed by atoms with Crippen LogP contribution in [0.1, 0.15) is 16.7 Å². The molecule has 0 bridgehead atoms. The summed E-state index contributed by atoms with van der Waals surface area (Å²) in [4.78, 5) is 12.1. The number of hydrogen-bond donors (Lipinski definition) is 1. The summed E-state index contributed by atoms with van der Waals surface area (Å²) in [7, 11) is 0. The maximum atomic E-state index is 13.6. The number of anilines is 1. The molecule has 0 aliphatic carbocycles. The molecule has 130 valence electrons. The van der Waals surface area contributed by atoms with E-state index >= 15 is 0 Å². The third-order valence-corrected chi connectivity index (χ3v) is 3.72. The molecule has 0 unspecified atom stereocenters. The SMILES string of the molecule is Cc1ccc(F)cc1-n1ncc(C#N)c1NC(=O)OCc1ccccc1. The van der Waals surface area contributed by atoms with Crippen LogP contribution in [0.2, 0.25) is 0 Å². The third-order valence-electron chi connectivity index (χ3n) is 3.72. The Morgan fingerprint density at radius 1 is 1.31 bits per heavy atom. The highest BCUT2D eigenvalue weighted by Gasteiger charge is 2.17. The van der Waals surface area contributed by atoms with Gasteiger partial charge in [0.2, 0.25) is 0 Å². The molecule has 3 rings (SSSR count). The van der Waals surface area contributed by atoms with E-state index in [2.05, 4.69) is 10.4 Å². The number of aryl methyl sites for hydroxylation is 1. The normalized spacial score (nSPS) is 10.2. The maximum absolute atomic E-state index is 13.6. The Labute approximate surface area is 149 Å². The van der Waals surface area contributed by atoms with Gasteiger partial charge in [0.25, 0.3) is 0 Å². The van der Waals surface area contributed by atoms with Crippen molar-refractivity contribution in [2.45, 2.75) is 13.5 Å². The zero-order valence-corrected chi connectivity index (χ0v) is 13.9. The molecule has 0 radical (unpaired) electrons. The van der Waals surface area contributed by atoms with Gasteiger partial charge in [-0.25, -0.2) is 13.9 Å². The Morgan fingerprint density at radius 3 is 2.81 bits per heavy atom. The number of benzene rings is 2. The summed E-state index contributed by atoms with van der Waals surface area (Å²) in [6, 6.07) is 15.4. The number of ether oxygens (including phenoxy) is 1. The van der Waals surface area contributed by atoms with Crippen molar-refractivity contribution in [1.29, 1.82) is 5.26 Å². The summed E-state index contributed by atoms with van der Waals surface area (Å²) >= 11 is 0. The van der Waals surface area contributed by atoms with Gasteiger partial charge in [-0.05, 0) is 30.2 Å². The molecule has 2 aromatic carbocycles. The van der Waals surface area contributed by atoms with Gasteiger partial charge in [-0.15, -0.1) is 0 Å². The van der Waals surface area contributed by atoms with E-state index in [1.54, 1.807) is 13.0 Å². The van der Waals surface area contributed by atoms with Crippen molar-refractivity contribution >= 4 is 11.9 Å². The van der Waals surface area contributed by atoms with E-state index in [-0.39, 0.29) is 18.0 Å². The van der Waals surface area contributed by atoms with Gasteiger partial charge in [0, 0.05) is 0 Å². The standard InChI is InChI=1S/C19H15FN4O2/c1-13-7-8-16(20)9-17(13)24-18(15(10-21)11-22-24)23-19(25)26-12-14-5-3-2-4-6-14/h2-9,11H,12H2,1H3,(H,23,25). The summed E-state index contributed by atoms with van der Waals surface area (Å²) < 4.78 is 20.1. The molecule has 1 amide bonds. The van der Waals surface area contributed by atoms with E-state index in [1.165, 1.54) is 23.0 Å². The third kappa shape index (κ3) is 3.70. The van der Waals surface area contributed by atoms with E-state index in [1.807, 2.05) is 36.4 Å². The highest BCUT2D eigenvalue weighted by atomic mass is 19.1. The molecule has 0 spiro atoms. The summed E-state index contributed by atoms with van der Waals surface area (Å²) in [6.07, 6.45) is 0.568. The molecule has 1 heterocycles. The van der Waals surface area contributed by atoms with Crippen molar-refractivity contribution in [3.8, 4) is 11.8 Å². The highest BCUT2D eigenvalue weighted by molar-refractivity contribution is 5.85. The van der Waals surface area contributed by atoms with Crippen molar-refractivity contribution in [2.75, 3.05) is 5.32 Å². The molecule has 0 aliphatic rings. The Bertz CT molecular complexity index is 977. The molecule has 6 nitrogen and oxygen atoms in total. The first-order valence-corrected chi connectivity index (χ1v) is 7.81. The molecule has 0 fully saturated rings. The first-order chi connectivity index (χ1) is 12.6. The predicted molar refractivity (Wildman–Crippen MR) is 93.2 cm³/mol. The topological polar surface area (TPSA) is 79.9 Å². The number of carbonyl (C=O) groups excluding carboxylic acids is 1. The van der Waals surface area contributed by atoms with Gasteiger partial charge < -0.3 is 4.74 Å². The van der Waals surface area contributed by atoms with E-state index in [9.17, 15) is 14.4 Å². The predicted octanol–water partition coefficient (Wildman–Crippen LogP) is 3.94. The smallest absolute Gasteiger partial charge is 0.413 e. The van der Waals surface area contributed by atoms with Gasteiger partial charge >= 0.3 is 6.09 Å². The Morgan fingerprint density at radius 2 is 2.08 bits per heavy atom. The van der Waals surface area contributed by atoms with Crippen LogP contribution in [0.4, 0.5) is 15.0 Å². The summed E-state index contributed by atoms with van der Waals surface area (Å²) in [6.45, 7) is 1.86. The van der Waals surface area contributed by atoms with Crippen LogP contribution in [0.5, 0.6) is 0 Å². The molecule has 1 N–H and O–H groups in total. The van der Waals surface area contributed by atoms with Gasteiger partial charge in [0.1, 0.15) is 24.1 Å². The number of aromatic nitrogens is 2. The number of carbonyl (C=O) groups is 1. The van der Waals surface area contributed by atoms with Crippen LogP contribution in [-0.4, -0.2) is 15.9 Å². The number of hydrogen-bond acceptors (Lipinski definition) is 4. The number of amides is 1. The Balaban J connectivity index is 1.83. The minimum atomic E-state index is -0.735. The number of halogens is 1. The largest absolute Gasteiger partial charge is 0.444 e. The quantitative estimate of drug-likeness (QED) is 0.773. The number of rotatable bonds is 4. The van der Waals surface area contributed by atoms with E-state index in [0.717, 1.165) is 11.1 Å². The van der Waals surface area contributed by atoms with Crippen LogP contribution in [0.15, 0.2) is 54.7 Å². The Hall–Kier alpha value is -3.66.